The van der Waals surface area contributed by atoms with Crippen molar-refractivity contribution in [1.29, 1.82) is 0 Å². The highest BCUT2D eigenvalue weighted by Gasteiger charge is 2.19. The van der Waals surface area contributed by atoms with E-state index in [1.165, 1.54) is 0 Å². The molecule has 2 aromatic carbocycles. The predicted molar refractivity (Wildman–Crippen MR) is 124 cm³/mol. The van der Waals surface area contributed by atoms with Crippen molar-refractivity contribution in [2.45, 2.75) is 32.6 Å². The molecule has 3 rings (SSSR count). The number of nitrogens with zero attached hydrogens (tertiary/aromatic N) is 2. The lowest BCUT2D eigenvalue weighted by molar-refractivity contribution is 0.411. The van der Waals surface area contributed by atoms with Crippen LogP contribution >= 0.6 is 0 Å². The number of sulfonamides is 1. The van der Waals surface area contributed by atoms with Crippen LogP contribution in [-0.4, -0.2) is 32.0 Å². The molecule has 1 heterocycles. The van der Waals surface area contributed by atoms with Crippen LogP contribution in [0.2, 0.25) is 0 Å². The van der Waals surface area contributed by atoms with E-state index in [1.54, 1.807) is 50.4 Å². The van der Waals surface area contributed by atoms with Gasteiger partial charge in [0.15, 0.2) is 0 Å². The summed E-state index contributed by atoms with van der Waals surface area (Å²) in [5, 5.41) is 6.31. The van der Waals surface area contributed by atoms with Crippen LogP contribution in [0.3, 0.4) is 0 Å². The SMILES string of the molecule is CCNc1nc(C)cc(Nc2ccc(NS(=O)(=O)c3cc(C)c(OC)cc3C)cc2)n1. The molecule has 0 aliphatic carbocycles. The van der Waals surface area contributed by atoms with Gasteiger partial charge in [0, 0.05) is 29.7 Å². The fourth-order valence-electron chi connectivity index (χ4n) is 3.12. The fourth-order valence-corrected chi connectivity index (χ4v) is 4.49. The van der Waals surface area contributed by atoms with E-state index in [4.69, 9.17) is 4.74 Å². The largest absolute Gasteiger partial charge is 0.496 e. The van der Waals surface area contributed by atoms with Crippen molar-refractivity contribution in [2.75, 3.05) is 29.0 Å². The Morgan fingerprint density at radius 3 is 2.26 bits per heavy atom. The third-order valence-corrected chi connectivity index (χ3v) is 6.10. The predicted octanol–water partition coefficient (Wildman–Crippen LogP) is 4.39. The Kier molecular flexibility index (Phi) is 6.65. The van der Waals surface area contributed by atoms with E-state index < -0.39 is 10.0 Å². The molecule has 8 nitrogen and oxygen atoms in total. The van der Waals surface area contributed by atoms with Gasteiger partial charge in [-0.15, -0.1) is 0 Å². The van der Waals surface area contributed by atoms with Crippen LogP contribution in [0, 0.1) is 20.8 Å². The van der Waals surface area contributed by atoms with Gasteiger partial charge in [-0.1, -0.05) is 0 Å². The highest BCUT2D eigenvalue weighted by Crippen LogP contribution is 2.27. The minimum absolute atomic E-state index is 0.223. The van der Waals surface area contributed by atoms with E-state index in [9.17, 15) is 8.42 Å². The van der Waals surface area contributed by atoms with Crippen molar-refractivity contribution in [3.63, 3.8) is 0 Å². The number of hydrogen-bond acceptors (Lipinski definition) is 7. The van der Waals surface area contributed by atoms with Crippen molar-refractivity contribution in [3.05, 3.63) is 59.3 Å². The number of aryl methyl sites for hydroxylation is 3. The molecule has 0 atom stereocenters. The highest BCUT2D eigenvalue weighted by molar-refractivity contribution is 7.92. The summed E-state index contributed by atoms with van der Waals surface area (Å²) >= 11 is 0. The normalized spacial score (nSPS) is 11.1. The number of rotatable bonds is 8. The maximum absolute atomic E-state index is 12.9. The van der Waals surface area contributed by atoms with E-state index in [0.717, 1.165) is 23.5 Å². The quantitative estimate of drug-likeness (QED) is 0.476. The monoisotopic (exact) mass is 441 g/mol. The fraction of sp³-hybridized carbons (Fsp3) is 0.273. The molecule has 1 aromatic heterocycles. The molecular weight excluding hydrogens is 414 g/mol. The summed E-state index contributed by atoms with van der Waals surface area (Å²) in [5.74, 6) is 1.87. The molecule has 9 heteroatoms. The first-order chi connectivity index (χ1) is 14.7. The van der Waals surface area contributed by atoms with E-state index >= 15 is 0 Å². The molecule has 0 aliphatic rings. The second-order valence-electron chi connectivity index (χ2n) is 7.14. The summed E-state index contributed by atoms with van der Waals surface area (Å²) < 4.78 is 33.7. The number of hydrogen-bond donors (Lipinski definition) is 3. The van der Waals surface area contributed by atoms with Crippen LogP contribution in [-0.2, 0) is 10.0 Å². The third-order valence-electron chi connectivity index (χ3n) is 4.58. The Morgan fingerprint density at radius 2 is 1.61 bits per heavy atom. The van der Waals surface area contributed by atoms with Gasteiger partial charge in [0.1, 0.15) is 11.6 Å². The molecule has 0 saturated heterocycles. The third kappa shape index (κ3) is 5.43. The molecule has 0 amide bonds. The highest BCUT2D eigenvalue weighted by atomic mass is 32.2. The Balaban J connectivity index is 1.77. The van der Waals surface area contributed by atoms with Gasteiger partial charge >= 0.3 is 0 Å². The van der Waals surface area contributed by atoms with E-state index in [0.29, 0.717) is 28.8 Å². The van der Waals surface area contributed by atoms with Gasteiger partial charge in [0.05, 0.1) is 12.0 Å². The minimum atomic E-state index is -3.74. The number of benzene rings is 2. The Labute approximate surface area is 183 Å². The van der Waals surface area contributed by atoms with Gasteiger partial charge in [-0.05, 0) is 75.2 Å². The van der Waals surface area contributed by atoms with Gasteiger partial charge in [-0.25, -0.2) is 13.4 Å². The van der Waals surface area contributed by atoms with Crippen LogP contribution in [0.4, 0.5) is 23.1 Å². The number of anilines is 4. The summed E-state index contributed by atoms with van der Waals surface area (Å²) in [6, 6.07) is 12.2. The molecule has 0 fully saturated rings. The summed E-state index contributed by atoms with van der Waals surface area (Å²) in [6.45, 7) is 8.16. The molecule has 3 N–H and O–H groups in total. The number of ether oxygens (including phenoxy) is 1. The van der Waals surface area contributed by atoms with Gasteiger partial charge in [-0.2, -0.15) is 4.98 Å². The van der Waals surface area contributed by atoms with Crippen LogP contribution < -0.4 is 20.1 Å². The minimum Gasteiger partial charge on any atom is -0.496 e. The Hall–Kier alpha value is -3.33. The van der Waals surface area contributed by atoms with E-state index in [-0.39, 0.29) is 4.90 Å². The van der Waals surface area contributed by atoms with E-state index in [2.05, 4.69) is 25.3 Å². The van der Waals surface area contributed by atoms with E-state index in [1.807, 2.05) is 26.8 Å². The zero-order valence-corrected chi connectivity index (χ0v) is 19.1. The Bertz CT molecular complexity index is 1180. The van der Waals surface area contributed by atoms with Gasteiger partial charge in [-0.3, -0.25) is 4.72 Å². The van der Waals surface area contributed by atoms with Crippen molar-refractivity contribution in [1.82, 2.24) is 9.97 Å². The molecule has 31 heavy (non-hydrogen) atoms. The average molecular weight is 442 g/mol. The lowest BCUT2D eigenvalue weighted by Gasteiger charge is -2.14. The molecule has 0 bridgehead atoms. The average Bonchev–Trinajstić information content (AvgIpc) is 2.70. The number of aromatic nitrogens is 2. The zero-order valence-electron chi connectivity index (χ0n) is 18.3. The lowest BCUT2D eigenvalue weighted by Crippen LogP contribution is -2.14. The summed E-state index contributed by atoms with van der Waals surface area (Å²) in [7, 11) is -2.17. The lowest BCUT2D eigenvalue weighted by atomic mass is 10.1. The maximum atomic E-state index is 12.9. The van der Waals surface area contributed by atoms with Crippen molar-refractivity contribution in [2.24, 2.45) is 0 Å². The molecular formula is C22H27N5O3S. The second kappa shape index (κ2) is 9.22. The first-order valence-electron chi connectivity index (χ1n) is 9.86. The molecule has 0 saturated carbocycles. The van der Waals surface area contributed by atoms with Crippen molar-refractivity contribution < 1.29 is 13.2 Å². The van der Waals surface area contributed by atoms with Gasteiger partial charge in [0.25, 0.3) is 10.0 Å². The van der Waals surface area contributed by atoms with Crippen LogP contribution in [0.25, 0.3) is 0 Å². The van der Waals surface area contributed by atoms with Crippen LogP contribution in [0.5, 0.6) is 5.75 Å². The maximum Gasteiger partial charge on any atom is 0.262 e. The Morgan fingerprint density at radius 1 is 0.935 bits per heavy atom. The number of methoxy groups -OCH3 is 1. The summed E-state index contributed by atoms with van der Waals surface area (Å²) in [5.41, 5.74) is 3.45. The van der Waals surface area contributed by atoms with Crippen molar-refractivity contribution in [3.8, 4) is 5.75 Å². The van der Waals surface area contributed by atoms with Crippen LogP contribution in [0.15, 0.2) is 47.4 Å². The molecule has 0 radical (unpaired) electrons. The zero-order chi connectivity index (χ0) is 22.6. The molecule has 3 aromatic rings. The summed E-state index contributed by atoms with van der Waals surface area (Å²) in [6.07, 6.45) is 0. The molecule has 0 spiro atoms. The topological polar surface area (TPSA) is 105 Å². The first-order valence-corrected chi connectivity index (χ1v) is 11.3. The second-order valence-corrected chi connectivity index (χ2v) is 8.79. The van der Waals surface area contributed by atoms with Gasteiger partial charge < -0.3 is 15.4 Å². The summed E-state index contributed by atoms with van der Waals surface area (Å²) in [4.78, 5) is 8.97. The smallest absolute Gasteiger partial charge is 0.262 e. The number of nitrogens with one attached hydrogen (secondary N) is 3. The van der Waals surface area contributed by atoms with Crippen molar-refractivity contribution >= 4 is 33.2 Å². The molecule has 0 unspecified atom stereocenters. The standard InChI is InChI=1S/C22H27N5O3S/c1-6-23-22-24-16(4)13-21(26-22)25-17-7-9-18(10-8-17)27-31(28,29)20-12-14(2)19(30-5)11-15(20)3/h7-13,27H,6H2,1-5H3,(H2,23,24,25,26). The molecule has 0 aliphatic heterocycles. The first kappa shape index (κ1) is 22.4. The molecule has 164 valence electrons. The van der Waals surface area contributed by atoms with Gasteiger partial charge in [0.2, 0.25) is 5.95 Å². The van der Waals surface area contributed by atoms with Crippen LogP contribution in [0.1, 0.15) is 23.7 Å².